The van der Waals surface area contributed by atoms with E-state index in [-0.39, 0.29) is 0 Å². The minimum Gasteiger partial charge on any atom is -0.456 e. The van der Waals surface area contributed by atoms with Gasteiger partial charge in [0.15, 0.2) is 0 Å². The van der Waals surface area contributed by atoms with Gasteiger partial charge in [-0.25, -0.2) is 0 Å². The molecule has 0 N–H and O–H groups in total. The predicted octanol–water partition coefficient (Wildman–Crippen LogP) is 6.96. The van der Waals surface area contributed by atoms with E-state index < -0.39 is 0 Å². The van der Waals surface area contributed by atoms with E-state index in [2.05, 4.69) is 84.3 Å². The summed E-state index contributed by atoms with van der Waals surface area (Å²) in [4.78, 5) is 0. The fraction of sp³-hybridized carbons (Fsp3) is 0.0769. The average Bonchev–Trinajstić information content (AvgIpc) is 3.11. The summed E-state index contributed by atoms with van der Waals surface area (Å²) in [5.74, 6) is 0. The highest BCUT2D eigenvalue weighted by atomic mass is 16.3. The van der Waals surface area contributed by atoms with Crippen molar-refractivity contribution in [3.05, 3.63) is 95.7 Å². The molecule has 0 atom stereocenters. The van der Waals surface area contributed by atoms with Crippen molar-refractivity contribution in [1.82, 2.24) is 4.57 Å². The molecule has 0 saturated heterocycles. The van der Waals surface area contributed by atoms with Gasteiger partial charge in [-0.15, -0.1) is 0 Å². The van der Waals surface area contributed by atoms with Crippen LogP contribution in [0.15, 0.2) is 83.3 Å². The van der Waals surface area contributed by atoms with Crippen molar-refractivity contribution in [2.24, 2.45) is 0 Å². The molecule has 0 spiro atoms. The fourth-order valence-electron chi connectivity index (χ4n) is 4.42. The van der Waals surface area contributed by atoms with Crippen LogP contribution in [0.25, 0.3) is 44.6 Å². The normalized spacial score (nSPS) is 13.5. The molecule has 1 aliphatic rings. The molecule has 5 aromatic rings. The topological polar surface area (TPSA) is 18.1 Å². The second kappa shape index (κ2) is 5.74. The minimum atomic E-state index is 0.931. The molecule has 1 aliphatic carbocycles. The van der Waals surface area contributed by atoms with E-state index in [0.29, 0.717) is 0 Å². The van der Waals surface area contributed by atoms with Crippen molar-refractivity contribution < 1.29 is 4.42 Å². The number of para-hydroxylation sites is 1. The molecule has 0 amide bonds. The molecular weight excluding hydrogens is 342 g/mol. The van der Waals surface area contributed by atoms with Crippen molar-refractivity contribution in [1.29, 1.82) is 0 Å². The lowest BCUT2D eigenvalue weighted by Gasteiger charge is -2.09. The molecule has 0 fully saturated rings. The van der Waals surface area contributed by atoms with E-state index in [0.717, 1.165) is 28.4 Å². The van der Waals surface area contributed by atoms with E-state index in [1.165, 1.54) is 33.4 Å². The van der Waals surface area contributed by atoms with Crippen molar-refractivity contribution in [3.63, 3.8) is 0 Å². The van der Waals surface area contributed by atoms with Crippen LogP contribution in [0.4, 0.5) is 0 Å². The van der Waals surface area contributed by atoms with Crippen molar-refractivity contribution in [2.45, 2.75) is 13.3 Å². The quantitative estimate of drug-likeness (QED) is 0.315. The Labute approximate surface area is 163 Å². The van der Waals surface area contributed by atoms with Crippen molar-refractivity contribution >= 4 is 38.9 Å². The van der Waals surface area contributed by atoms with Gasteiger partial charge in [0.2, 0.25) is 0 Å². The summed E-state index contributed by atoms with van der Waals surface area (Å²) < 4.78 is 8.41. The van der Waals surface area contributed by atoms with Crippen molar-refractivity contribution in [3.8, 4) is 5.69 Å². The number of hydrogen-bond acceptors (Lipinski definition) is 1. The molecular formula is C26H19NO. The third-order valence-electron chi connectivity index (χ3n) is 5.71. The first kappa shape index (κ1) is 15.5. The van der Waals surface area contributed by atoms with Crippen LogP contribution < -0.4 is 0 Å². The van der Waals surface area contributed by atoms with Crippen LogP contribution in [0.3, 0.4) is 0 Å². The number of nitrogens with zero attached hydrogens (tertiary/aromatic N) is 1. The number of fused-ring (bicyclic) bond motifs is 6. The monoisotopic (exact) mass is 361 g/mol. The fourth-order valence-corrected chi connectivity index (χ4v) is 4.42. The van der Waals surface area contributed by atoms with Gasteiger partial charge in [0.05, 0.1) is 11.2 Å². The summed E-state index contributed by atoms with van der Waals surface area (Å²) >= 11 is 0. The molecule has 0 bridgehead atoms. The van der Waals surface area contributed by atoms with Gasteiger partial charge in [0.1, 0.15) is 11.2 Å². The van der Waals surface area contributed by atoms with Gasteiger partial charge < -0.3 is 8.98 Å². The lowest BCUT2D eigenvalue weighted by Crippen LogP contribution is -1.97. The molecule has 3 aromatic carbocycles. The van der Waals surface area contributed by atoms with Gasteiger partial charge in [0, 0.05) is 21.8 Å². The highest BCUT2D eigenvalue weighted by Gasteiger charge is 2.18. The molecule has 2 nitrogen and oxygen atoms in total. The minimum absolute atomic E-state index is 0.931. The number of allylic oxidation sites excluding steroid dienone is 3. The standard InChI is InChI=1S/C26H19NO/c1-17-11-13-24-21(15-17)19-7-3-2-4-9-23(19)27(24)18-12-14-26-22(16-18)20-8-5-6-10-25(20)28-26/h2-6,8-16H,7H2,1H3. The highest BCUT2D eigenvalue weighted by Crippen LogP contribution is 2.35. The summed E-state index contributed by atoms with van der Waals surface area (Å²) in [6.45, 7) is 2.16. The lowest BCUT2D eigenvalue weighted by molar-refractivity contribution is 0.669. The van der Waals surface area contributed by atoms with Crippen molar-refractivity contribution in [2.75, 3.05) is 0 Å². The largest absolute Gasteiger partial charge is 0.456 e. The van der Waals surface area contributed by atoms with Gasteiger partial charge in [0.25, 0.3) is 0 Å². The number of aromatic nitrogens is 1. The first-order valence-corrected chi connectivity index (χ1v) is 9.68. The maximum atomic E-state index is 6.03. The molecule has 0 radical (unpaired) electrons. The Balaban J connectivity index is 1.71. The van der Waals surface area contributed by atoms with Gasteiger partial charge in [-0.1, -0.05) is 48.1 Å². The van der Waals surface area contributed by atoms with Gasteiger partial charge >= 0.3 is 0 Å². The third kappa shape index (κ3) is 2.15. The third-order valence-corrected chi connectivity index (χ3v) is 5.71. The SMILES string of the molecule is Cc1ccc2c(c1)c1c(n2-c2ccc3oc4ccccc4c3c2)C=CC=CC1. The number of rotatable bonds is 1. The first-order valence-electron chi connectivity index (χ1n) is 9.68. The van der Waals surface area contributed by atoms with Crippen LogP contribution >= 0.6 is 0 Å². The lowest BCUT2D eigenvalue weighted by atomic mass is 10.1. The molecule has 0 aliphatic heterocycles. The van der Waals surface area contributed by atoms with Gasteiger partial charge in [-0.05, 0) is 61.4 Å². The number of benzene rings is 3. The van der Waals surface area contributed by atoms with E-state index in [4.69, 9.17) is 4.42 Å². The Morgan fingerprint density at radius 2 is 1.71 bits per heavy atom. The maximum Gasteiger partial charge on any atom is 0.135 e. The summed E-state index contributed by atoms with van der Waals surface area (Å²) in [6, 6.07) is 21.5. The van der Waals surface area contributed by atoms with Gasteiger partial charge in [-0.3, -0.25) is 0 Å². The molecule has 0 unspecified atom stereocenters. The zero-order valence-electron chi connectivity index (χ0n) is 15.6. The molecule has 2 heteroatoms. The summed E-state index contributed by atoms with van der Waals surface area (Å²) in [5, 5.41) is 3.66. The van der Waals surface area contributed by atoms with E-state index in [9.17, 15) is 0 Å². The summed E-state index contributed by atoms with van der Waals surface area (Å²) in [6.07, 6.45) is 9.69. The number of aryl methyl sites for hydroxylation is 1. The number of hydrogen-bond donors (Lipinski definition) is 0. The Morgan fingerprint density at radius 3 is 2.68 bits per heavy atom. The maximum absolute atomic E-state index is 6.03. The molecule has 134 valence electrons. The summed E-state index contributed by atoms with van der Waals surface area (Å²) in [7, 11) is 0. The van der Waals surface area contributed by atoms with Crippen LogP contribution in [0.1, 0.15) is 16.8 Å². The van der Waals surface area contributed by atoms with Gasteiger partial charge in [-0.2, -0.15) is 0 Å². The smallest absolute Gasteiger partial charge is 0.135 e. The first-order chi connectivity index (χ1) is 13.8. The van der Waals surface area contributed by atoms with Crippen LogP contribution in [0.5, 0.6) is 0 Å². The second-order valence-electron chi connectivity index (χ2n) is 7.49. The van der Waals surface area contributed by atoms with E-state index in [1.807, 2.05) is 12.1 Å². The van der Waals surface area contributed by atoms with Crippen LogP contribution in [0.2, 0.25) is 0 Å². The Kier molecular flexibility index (Phi) is 3.18. The zero-order chi connectivity index (χ0) is 18.7. The Morgan fingerprint density at radius 1 is 0.821 bits per heavy atom. The molecule has 2 aromatic heterocycles. The molecule has 6 rings (SSSR count). The van der Waals surface area contributed by atoms with E-state index >= 15 is 0 Å². The Bertz CT molecular complexity index is 1440. The second-order valence-corrected chi connectivity index (χ2v) is 7.49. The molecule has 0 saturated carbocycles. The van der Waals surface area contributed by atoms with Crippen LogP contribution in [0, 0.1) is 6.92 Å². The Hall–Kier alpha value is -3.52. The van der Waals surface area contributed by atoms with Crippen LogP contribution in [-0.4, -0.2) is 4.57 Å². The average molecular weight is 361 g/mol. The predicted molar refractivity (Wildman–Crippen MR) is 117 cm³/mol. The molecule has 2 heterocycles. The molecule has 28 heavy (non-hydrogen) atoms. The van der Waals surface area contributed by atoms with E-state index in [1.54, 1.807) is 0 Å². The number of furan rings is 1. The highest BCUT2D eigenvalue weighted by molar-refractivity contribution is 6.05. The summed E-state index contributed by atoms with van der Waals surface area (Å²) in [5.41, 5.74) is 8.23. The zero-order valence-corrected chi connectivity index (χ0v) is 15.6. The van der Waals surface area contributed by atoms with Crippen LogP contribution in [-0.2, 0) is 6.42 Å².